The molecule has 3 aliphatic rings. The Balaban J connectivity index is 1.39. The Kier molecular flexibility index (Phi) is 4.67. The summed E-state index contributed by atoms with van der Waals surface area (Å²) in [6, 6.07) is 10.9. The van der Waals surface area contributed by atoms with Crippen molar-refractivity contribution in [3.8, 4) is 23.0 Å². The molecule has 2 aromatic rings. The molecule has 0 saturated carbocycles. The molecule has 30 heavy (non-hydrogen) atoms. The lowest BCUT2D eigenvalue weighted by Gasteiger charge is -2.26. The fraction of sp³-hybridized carbons (Fsp3) is 0.409. The van der Waals surface area contributed by atoms with Crippen LogP contribution in [0.25, 0.3) is 0 Å². The first kappa shape index (κ1) is 19.0. The lowest BCUT2D eigenvalue weighted by Crippen LogP contribution is -2.38. The third-order valence-electron chi connectivity index (χ3n) is 5.21. The fourth-order valence-electron chi connectivity index (χ4n) is 3.79. The van der Waals surface area contributed by atoms with Gasteiger partial charge in [0.05, 0.1) is 6.61 Å². The van der Waals surface area contributed by atoms with Crippen molar-refractivity contribution in [2.75, 3.05) is 26.7 Å². The second-order valence-electron chi connectivity index (χ2n) is 7.89. The average Bonchev–Trinajstić information content (AvgIpc) is 3.45. The van der Waals surface area contributed by atoms with Crippen LogP contribution in [0.5, 0.6) is 23.0 Å². The number of benzene rings is 2. The predicted molar refractivity (Wildman–Crippen MR) is 105 cm³/mol. The van der Waals surface area contributed by atoms with Crippen LogP contribution in [-0.2, 0) is 16.0 Å². The number of hydrogen-bond donors (Lipinski definition) is 0. The summed E-state index contributed by atoms with van der Waals surface area (Å²) in [6.07, 6.45) is -0.216. The van der Waals surface area contributed by atoms with Crippen LogP contribution < -0.4 is 18.9 Å². The lowest BCUT2D eigenvalue weighted by atomic mass is 10.1. The Bertz CT molecular complexity index is 974. The van der Waals surface area contributed by atoms with Crippen LogP contribution in [0, 0.1) is 0 Å². The van der Waals surface area contributed by atoms with Gasteiger partial charge in [0.1, 0.15) is 6.10 Å². The van der Waals surface area contributed by atoms with E-state index in [9.17, 15) is 4.79 Å². The molecule has 0 bridgehead atoms. The molecule has 0 N–H and O–H groups in total. The zero-order valence-electron chi connectivity index (χ0n) is 16.9. The van der Waals surface area contributed by atoms with Gasteiger partial charge < -0.3 is 33.3 Å². The maximum atomic E-state index is 13.4. The minimum Gasteiger partial charge on any atom is -0.454 e. The number of ether oxygens (including phenoxy) is 6. The minimum absolute atomic E-state index is 0.126. The van der Waals surface area contributed by atoms with Crippen LogP contribution in [0.2, 0.25) is 0 Å². The van der Waals surface area contributed by atoms with E-state index in [0.29, 0.717) is 48.3 Å². The number of carbonyl (C=O) groups is 1. The Morgan fingerprint density at radius 3 is 2.33 bits per heavy atom. The predicted octanol–water partition coefficient (Wildman–Crippen LogP) is 2.94. The van der Waals surface area contributed by atoms with Gasteiger partial charge in [0.2, 0.25) is 13.6 Å². The molecule has 8 nitrogen and oxygen atoms in total. The Morgan fingerprint density at radius 2 is 1.63 bits per heavy atom. The van der Waals surface area contributed by atoms with E-state index in [1.165, 1.54) is 0 Å². The van der Waals surface area contributed by atoms with Crippen molar-refractivity contribution in [1.29, 1.82) is 0 Å². The smallest absolute Gasteiger partial charge is 0.254 e. The van der Waals surface area contributed by atoms with E-state index < -0.39 is 5.79 Å². The van der Waals surface area contributed by atoms with Crippen molar-refractivity contribution in [1.82, 2.24) is 4.90 Å². The Hall–Kier alpha value is -2.97. The van der Waals surface area contributed by atoms with Crippen LogP contribution in [0.15, 0.2) is 36.4 Å². The molecule has 8 heteroatoms. The van der Waals surface area contributed by atoms with Crippen molar-refractivity contribution in [2.24, 2.45) is 0 Å². The van der Waals surface area contributed by atoms with Gasteiger partial charge in [-0.1, -0.05) is 6.07 Å². The summed E-state index contributed by atoms with van der Waals surface area (Å²) in [6.45, 7) is 5.33. The van der Waals surface area contributed by atoms with Gasteiger partial charge in [-0.05, 0) is 49.7 Å². The van der Waals surface area contributed by atoms with E-state index in [1.807, 2.05) is 32.0 Å². The highest BCUT2D eigenvalue weighted by molar-refractivity contribution is 5.95. The zero-order valence-corrected chi connectivity index (χ0v) is 16.9. The molecule has 1 fully saturated rings. The summed E-state index contributed by atoms with van der Waals surface area (Å²) in [7, 11) is 0. The van der Waals surface area contributed by atoms with E-state index in [0.717, 1.165) is 5.56 Å². The monoisotopic (exact) mass is 413 g/mol. The van der Waals surface area contributed by atoms with Gasteiger partial charge in [-0.2, -0.15) is 0 Å². The molecule has 3 heterocycles. The summed E-state index contributed by atoms with van der Waals surface area (Å²) in [5.41, 5.74) is 1.46. The SMILES string of the molecule is CC1(C)OC[C@H](CN(Cc2ccc3c(c2)OCO3)C(=O)c2ccc3c(c2)OCO3)O1. The highest BCUT2D eigenvalue weighted by Crippen LogP contribution is 2.35. The number of carbonyl (C=O) groups excluding carboxylic acids is 1. The first-order chi connectivity index (χ1) is 14.5. The first-order valence-corrected chi connectivity index (χ1v) is 9.86. The van der Waals surface area contributed by atoms with Crippen LogP contribution >= 0.6 is 0 Å². The van der Waals surface area contributed by atoms with Crippen LogP contribution in [-0.4, -0.2) is 49.4 Å². The second kappa shape index (κ2) is 7.37. The van der Waals surface area contributed by atoms with Gasteiger partial charge in [0.15, 0.2) is 28.8 Å². The molecule has 2 aromatic carbocycles. The van der Waals surface area contributed by atoms with Gasteiger partial charge in [0.25, 0.3) is 5.91 Å². The largest absolute Gasteiger partial charge is 0.454 e. The van der Waals surface area contributed by atoms with E-state index in [1.54, 1.807) is 23.1 Å². The molecule has 1 saturated heterocycles. The average molecular weight is 413 g/mol. The topological polar surface area (TPSA) is 75.7 Å². The van der Waals surface area contributed by atoms with Gasteiger partial charge in [-0.25, -0.2) is 0 Å². The number of rotatable bonds is 5. The normalized spacial score (nSPS) is 20.4. The molecule has 0 aliphatic carbocycles. The van der Waals surface area contributed by atoms with Crippen LogP contribution in [0.4, 0.5) is 0 Å². The van der Waals surface area contributed by atoms with Crippen LogP contribution in [0.1, 0.15) is 29.8 Å². The van der Waals surface area contributed by atoms with Crippen molar-refractivity contribution < 1.29 is 33.2 Å². The van der Waals surface area contributed by atoms with Crippen molar-refractivity contribution in [3.05, 3.63) is 47.5 Å². The number of nitrogens with zero attached hydrogens (tertiary/aromatic N) is 1. The summed E-state index contributed by atoms with van der Waals surface area (Å²) in [4.78, 5) is 15.2. The summed E-state index contributed by atoms with van der Waals surface area (Å²) < 4.78 is 33.3. The number of amides is 1. The number of hydrogen-bond acceptors (Lipinski definition) is 7. The van der Waals surface area contributed by atoms with Gasteiger partial charge in [-0.15, -0.1) is 0 Å². The van der Waals surface area contributed by atoms with Gasteiger partial charge in [0, 0.05) is 18.7 Å². The molecule has 3 aliphatic heterocycles. The maximum Gasteiger partial charge on any atom is 0.254 e. The van der Waals surface area contributed by atoms with Gasteiger partial charge in [-0.3, -0.25) is 4.79 Å². The van der Waals surface area contributed by atoms with Crippen molar-refractivity contribution in [3.63, 3.8) is 0 Å². The quantitative estimate of drug-likeness (QED) is 0.746. The van der Waals surface area contributed by atoms with Gasteiger partial charge >= 0.3 is 0 Å². The zero-order chi connectivity index (χ0) is 20.7. The van der Waals surface area contributed by atoms with E-state index in [-0.39, 0.29) is 25.6 Å². The highest BCUT2D eigenvalue weighted by Gasteiger charge is 2.35. The Labute approximate surface area is 174 Å². The van der Waals surface area contributed by atoms with E-state index in [4.69, 9.17) is 28.4 Å². The molecular weight excluding hydrogens is 390 g/mol. The highest BCUT2D eigenvalue weighted by atomic mass is 16.7. The third-order valence-corrected chi connectivity index (χ3v) is 5.21. The van der Waals surface area contributed by atoms with Crippen molar-refractivity contribution in [2.45, 2.75) is 32.3 Å². The lowest BCUT2D eigenvalue weighted by molar-refractivity contribution is -0.139. The minimum atomic E-state index is -0.656. The standard InChI is InChI=1S/C22H23NO7/c1-22(2)29-11-16(30-22)10-23(9-14-3-5-17-19(7-14)27-12-25-17)21(24)15-4-6-18-20(8-15)28-13-26-18/h3-8,16H,9-13H2,1-2H3/t16-/m0/s1. The molecule has 1 atom stereocenters. The summed E-state index contributed by atoms with van der Waals surface area (Å²) in [5.74, 6) is 1.83. The molecule has 0 spiro atoms. The summed E-state index contributed by atoms with van der Waals surface area (Å²) >= 11 is 0. The Morgan fingerprint density at radius 1 is 0.967 bits per heavy atom. The molecule has 1 amide bonds. The fourth-order valence-corrected chi connectivity index (χ4v) is 3.79. The number of fused-ring (bicyclic) bond motifs is 2. The molecular formula is C22H23NO7. The molecule has 5 rings (SSSR count). The molecule has 0 unspecified atom stereocenters. The van der Waals surface area contributed by atoms with Crippen LogP contribution in [0.3, 0.4) is 0 Å². The van der Waals surface area contributed by atoms with E-state index >= 15 is 0 Å². The van der Waals surface area contributed by atoms with E-state index in [2.05, 4.69) is 0 Å². The third kappa shape index (κ3) is 3.76. The maximum absolute atomic E-state index is 13.4. The second-order valence-corrected chi connectivity index (χ2v) is 7.89. The van der Waals surface area contributed by atoms with Crippen molar-refractivity contribution >= 4 is 5.91 Å². The molecule has 0 radical (unpaired) electrons. The molecule has 158 valence electrons. The first-order valence-electron chi connectivity index (χ1n) is 9.86. The summed E-state index contributed by atoms with van der Waals surface area (Å²) in [5, 5.41) is 0. The molecule has 0 aromatic heterocycles.